The Kier molecular flexibility index (Phi) is 15.3. The molecule has 15 heteroatoms. The largest absolute Gasteiger partial charge is 0.481 e. The first-order valence-corrected chi connectivity index (χ1v) is 12.8. The normalized spacial score (nSPS) is 13.7. The summed E-state index contributed by atoms with van der Waals surface area (Å²) in [6.45, 7) is 0.472. The first-order valence-electron chi connectivity index (χ1n) is 12.8. The molecule has 0 aliphatic rings. The highest BCUT2D eigenvalue weighted by molar-refractivity contribution is 5.95. The molecule has 0 aliphatic carbocycles. The van der Waals surface area contributed by atoms with Gasteiger partial charge in [-0.3, -0.25) is 24.2 Å². The Bertz CT molecular complexity index is 1020. The van der Waals surface area contributed by atoms with Gasteiger partial charge in [0.25, 0.3) is 0 Å². The molecule has 0 saturated heterocycles. The Hall–Kier alpha value is -4.24. The van der Waals surface area contributed by atoms with Crippen LogP contribution in [0.3, 0.4) is 0 Å². The van der Waals surface area contributed by atoms with Crippen molar-refractivity contribution in [3.8, 4) is 0 Å². The van der Waals surface area contributed by atoms with Crippen LogP contribution in [0.1, 0.15) is 44.1 Å². The van der Waals surface area contributed by atoms with Gasteiger partial charge in [-0.05, 0) is 50.6 Å². The van der Waals surface area contributed by atoms with E-state index in [2.05, 4.69) is 20.9 Å². The highest BCUT2D eigenvalue weighted by atomic mass is 16.4. The van der Waals surface area contributed by atoms with Crippen molar-refractivity contribution in [1.29, 1.82) is 0 Å². The molecule has 4 atom stereocenters. The summed E-state index contributed by atoms with van der Waals surface area (Å²) >= 11 is 0. The highest BCUT2D eigenvalue weighted by Crippen LogP contribution is 2.07. The van der Waals surface area contributed by atoms with Crippen LogP contribution < -0.4 is 38.9 Å². The van der Waals surface area contributed by atoms with E-state index in [1.54, 1.807) is 30.3 Å². The molecule has 1 aromatic carbocycles. The summed E-state index contributed by atoms with van der Waals surface area (Å²) in [5.41, 5.74) is 22.8. The van der Waals surface area contributed by atoms with Crippen molar-refractivity contribution in [2.24, 2.45) is 27.9 Å². The average Bonchev–Trinajstić information content (AvgIpc) is 2.89. The van der Waals surface area contributed by atoms with E-state index in [1.807, 2.05) is 0 Å². The molecule has 13 N–H and O–H groups in total. The fourth-order valence-corrected chi connectivity index (χ4v) is 3.69. The monoisotopic (exact) mass is 564 g/mol. The van der Waals surface area contributed by atoms with E-state index in [1.165, 1.54) is 0 Å². The van der Waals surface area contributed by atoms with Crippen LogP contribution in [0, 0.1) is 0 Å². The second-order valence-corrected chi connectivity index (χ2v) is 9.15. The smallest absolute Gasteiger partial charge is 0.326 e. The Morgan fingerprint density at radius 3 is 1.95 bits per heavy atom. The topological polar surface area (TPSA) is 278 Å². The molecule has 0 heterocycles. The molecular weight excluding hydrogens is 524 g/mol. The van der Waals surface area contributed by atoms with Gasteiger partial charge in [-0.25, -0.2) is 4.79 Å². The first-order chi connectivity index (χ1) is 18.9. The van der Waals surface area contributed by atoms with Crippen LogP contribution in [0.4, 0.5) is 0 Å². The predicted octanol–water partition coefficient (Wildman–Crippen LogP) is -2.25. The van der Waals surface area contributed by atoms with E-state index >= 15 is 0 Å². The van der Waals surface area contributed by atoms with E-state index in [4.69, 9.17) is 22.9 Å². The molecule has 1 rings (SSSR count). The van der Waals surface area contributed by atoms with Crippen LogP contribution in [-0.4, -0.2) is 83.1 Å². The Morgan fingerprint density at radius 1 is 0.800 bits per heavy atom. The van der Waals surface area contributed by atoms with Gasteiger partial charge < -0.3 is 49.1 Å². The van der Waals surface area contributed by atoms with Gasteiger partial charge in [0, 0.05) is 6.54 Å². The number of hydrogen-bond donors (Lipinski definition) is 9. The summed E-state index contributed by atoms with van der Waals surface area (Å²) in [5, 5.41) is 26.0. The molecule has 40 heavy (non-hydrogen) atoms. The summed E-state index contributed by atoms with van der Waals surface area (Å²) in [4.78, 5) is 65.7. The molecule has 0 radical (unpaired) electrons. The number of carboxylic acid groups (broad SMARTS) is 2. The van der Waals surface area contributed by atoms with Crippen LogP contribution in [-0.2, 0) is 30.4 Å². The number of rotatable bonds is 19. The van der Waals surface area contributed by atoms with Gasteiger partial charge >= 0.3 is 11.9 Å². The molecule has 222 valence electrons. The van der Waals surface area contributed by atoms with Crippen molar-refractivity contribution < 1.29 is 34.2 Å². The molecule has 0 aliphatic heterocycles. The molecule has 3 amide bonds. The summed E-state index contributed by atoms with van der Waals surface area (Å²) in [6, 6.07) is 3.73. The lowest BCUT2D eigenvalue weighted by Gasteiger charge is -2.24. The third-order valence-corrected chi connectivity index (χ3v) is 5.79. The van der Waals surface area contributed by atoms with Crippen LogP contribution in [0.25, 0.3) is 0 Å². The zero-order valence-corrected chi connectivity index (χ0v) is 22.3. The van der Waals surface area contributed by atoms with Crippen molar-refractivity contribution >= 4 is 35.6 Å². The lowest BCUT2D eigenvalue weighted by molar-refractivity contribution is -0.143. The minimum absolute atomic E-state index is 0.00918. The molecule has 1 aromatic rings. The number of amides is 3. The number of unbranched alkanes of at least 4 members (excludes halogenated alkanes) is 1. The van der Waals surface area contributed by atoms with Crippen molar-refractivity contribution in [3.63, 3.8) is 0 Å². The van der Waals surface area contributed by atoms with E-state index in [9.17, 15) is 34.2 Å². The van der Waals surface area contributed by atoms with Gasteiger partial charge in [-0.1, -0.05) is 30.3 Å². The molecule has 0 fully saturated rings. The number of benzene rings is 1. The van der Waals surface area contributed by atoms with Crippen LogP contribution in [0.5, 0.6) is 0 Å². The number of carbonyl (C=O) groups excluding carboxylic acids is 3. The second kappa shape index (κ2) is 18.1. The van der Waals surface area contributed by atoms with Crippen LogP contribution in [0.2, 0.25) is 0 Å². The van der Waals surface area contributed by atoms with E-state index < -0.39 is 60.2 Å². The summed E-state index contributed by atoms with van der Waals surface area (Å²) in [7, 11) is 0. The Morgan fingerprint density at radius 2 is 1.38 bits per heavy atom. The standard InChI is InChI=1S/C25H40N8O7/c26-11-5-4-9-18(24(39)40)32-22(37)17(10-6-12-30-25(28)29)31-23(38)19(14-20(34)35)33-21(36)16(27)13-15-7-2-1-3-8-15/h1-3,7-8,16-19H,4-6,9-14,26-27H2,(H,31,38)(H,32,37)(H,33,36)(H,34,35)(H,39,40)(H4,28,29,30). The summed E-state index contributed by atoms with van der Waals surface area (Å²) < 4.78 is 0. The zero-order chi connectivity index (χ0) is 30.1. The van der Waals surface area contributed by atoms with Gasteiger partial charge in [0.2, 0.25) is 17.7 Å². The number of aliphatic imine (C=N–C) groups is 1. The first kappa shape index (κ1) is 33.8. The van der Waals surface area contributed by atoms with E-state index in [-0.39, 0.29) is 38.2 Å². The molecule has 0 spiro atoms. The fraction of sp³-hybridized carbons (Fsp3) is 0.520. The SMILES string of the molecule is NCCCCC(NC(=O)C(CCCN=C(N)N)NC(=O)C(CC(=O)O)NC(=O)C(N)Cc1ccccc1)C(=O)O. The summed E-state index contributed by atoms with van der Waals surface area (Å²) in [5.74, 6) is -5.34. The minimum Gasteiger partial charge on any atom is -0.481 e. The quantitative estimate of drug-likeness (QED) is 0.0491. The zero-order valence-electron chi connectivity index (χ0n) is 22.3. The van der Waals surface area contributed by atoms with Gasteiger partial charge in [0.1, 0.15) is 18.1 Å². The molecule has 15 nitrogen and oxygen atoms in total. The van der Waals surface area contributed by atoms with Gasteiger partial charge in [-0.15, -0.1) is 0 Å². The predicted molar refractivity (Wildman–Crippen MR) is 147 cm³/mol. The lowest BCUT2D eigenvalue weighted by Crippen LogP contribution is -2.57. The van der Waals surface area contributed by atoms with Gasteiger partial charge in [0.05, 0.1) is 12.5 Å². The number of hydrogen-bond acceptors (Lipinski definition) is 8. The highest BCUT2D eigenvalue weighted by Gasteiger charge is 2.31. The van der Waals surface area contributed by atoms with Crippen LogP contribution in [0.15, 0.2) is 35.3 Å². The third kappa shape index (κ3) is 13.5. The molecular formula is C25H40N8O7. The maximum atomic E-state index is 13.1. The number of carboxylic acids is 2. The number of nitrogens with two attached hydrogens (primary N) is 4. The molecule has 0 aromatic heterocycles. The Labute approximate surface area is 232 Å². The second-order valence-electron chi connectivity index (χ2n) is 9.15. The van der Waals surface area contributed by atoms with Crippen molar-refractivity contribution in [3.05, 3.63) is 35.9 Å². The van der Waals surface area contributed by atoms with E-state index in [0.29, 0.717) is 19.4 Å². The van der Waals surface area contributed by atoms with Crippen LogP contribution >= 0.6 is 0 Å². The number of aliphatic carboxylic acids is 2. The van der Waals surface area contributed by atoms with Gasteiger partial charge in [0.15, 0.2) is 5.96 Å². The number of guanidine groups is 1. The maximum absolute atomic E-state index is 13.1. The van der Waals surface area contributed by atoms with Crippen molar-refractivity contribution in [2.75, 3.05) is 13.1 Å². The summed E-state index contributed by atoms with van der Waals surface area (Å²) in [6.07, 6.45) is 0.694. The van der Waals surface area contributed by atoms with Crippen molar-refractivity contribution in [1.82, 2.24) is 16.0 Å². The number of nitrogens with zero attached hydrogens (tertiary/aromatic N) is 1. The number of nitrogens with one attached hydrogen (secondary N) is 3. The van der Waals surface area contributed by atoms with E-state index in [0.717, 1.165) is 5.56 Å². The molecule has 4 unspecified atom stereocenters. The minimum atomic E-state index is -1.56. The molecule has 0 bridgehead atoms. The maximum Gasteiger partial charge on any atom is 0.326 e. The Balaban J connectivity index is 3.01. The molecule has 0 saturated carbocycles. The lowest BCUT2D eigenvalue weighted by atomic mass is 10.0. The van der Waals surface area contributed by atoms with Gasteiger partial charge in [-0.2, -0.15) is 0 Å². The fourth-order valence-electron chi connectivity index (χ4n) is 3.69. The number of carbonyl (C=O) groups is 5. The van der Waals surface area contributed by atoms with Crippen molar-refractivity contribution in [2.45, 2.75) is 69.1 Å². The average molecular weight is 565 g/mol. The third-order valence-electron chi connectivity index (χ3n) is 5.79.